The molecule has 1 fully saturated rings. The summed E-state index contributed by atoms with van der Waals surface area (Å²) in [6, 6.07) is 9.48. The van der Waals surface area contributed by atoms with Gasteiger partial charge in [-0.1, -0.05) is 6.07 Å². The number of nitrogens with zero attached hydrogens (tertiary/aromatic N) is 5. The maximum absolute atomic E-state index is 8.93. The van der Waals surface area contributed by atoms with Gasteiger partial charge in [-0.25, -0.2) is 0 Å². The van der Waals surface area contributed by atoms with E-state index in [-0.39, 0.29) is 0 Å². The van der Waals surface area contributed by atoms with Crippen LogP contribution in [-0.4, -0.2) is 45.9 Å². The Labute approximate surface area is 148 Å². The molecule has 1 aromatic carbocycles. The minimum atomic E-state index is 0.545. The van der Waals surface area contributed by atoms with Crippen molar-refractivity contribution < 1.29 is 4.74 Å². The second kappa shape index (κ2) is 7.24. The van der Waals surface area contributed by atoms with E-state index in [1.807, 2.05) is 12.1 Å². The van der Waals surface area contributed by atoms with Gasteiger partial charge in [0.2, 0.25) is 0 Å². The van der Waals surface area contributed by atoms with Crippen LogP contribution in [0.3, 0.4) is 0 Å². The summed E-state index contributed by atoms with van der Waals surface area (Å²) in [6.07, 6.45) is 4.57. The van der Waals surface area contributed by atoms with E-state index >= 15 is 0 Å². The molecule has 0 aliphatic carbocycles. The van der Waals surface area contributed by atoms with Crippen LogP contribution >= 0.6 is 0 Å². The van der Waals surface area contributed by atoms with E-state index in [2.05, 4.69) is 25.7 Å². The molecule has 2 aliphatic rings. The van der Waals surface area contributed by atoms with E-state index in [1.165, 1.54) is 18.1 Å². The zero-order valence-electron chi connectivity index (χ0n) is 14.4. The summed E-state index contributed by atoms with van der Waals surface area (Å²) in [7, 11) is 0. The first-order valence-corrected chi connectivity index (χ1v) is 9.11. The Morgan fingerprint density at radius 1 is 1.20 bits per heavy atom. The van der Waals surface area contributed by atoms with Gasteiger partial charge in [-0.15, -0.1) is 10.2 Å². The topological polar surface area (TPSA) is 67.0 Å². The first kappa shape index (κ1) is 16.1. The monoisotopic (exact) mass is 337 g/mol. The van der Waals surface area contributed by atoms with Gasteiger partial charge in [-0.05, 0) is 50.6 Å². The molecule has 2 aliphatic heterocycles. The Hall–Kier alpha value is -2.39. The second-order valence-corrected chi connectivity index (χ2v) is 6.83. The number of fused-ring (bicyclic) bond motifs is 1. The number of hydrogen-bond donors (Lipinski definition) is 0. The van der Waals surface area contributed by atoms with Crippen LogP contribution in [-0.2, 0) is 13.0 Å². The lowest BCUT2D eigenvalue weighted by Gasteiger charge is -2.31. The Kier molecular flexibility index (Phi) is 4.66. The molecule has 0 bridgehead atoms. The highest BCUT2D eigenvalue weighted by molar-refractivity contribution is 5.36. The SMILES string of the molecule is N#Cc1cccc(OCCN2CCC(c3nnc4n3CCC4)CC2)c1. The largest absolute Gasteiger partial charge is 0.492 e. The number of rotatable bonds is 5. The highest BCUT2D eigenvalue weighted by Crippen LogP contribution is 2.29. The number of likely N-dealkylation sites (tertiary alicyclic amines) is 1. The third-order valence-corrected chi connectivity index (χ3v) is 5.23. The summed E-state index contributed by atoms with van der Waals surface area (Å²) in [6.45, 7) is 4.82. The maximum atomic E-state index is 8.93. The number of aryl methyl sites for hydroxylation is 1. The first-order valence-electron chi connectivity index (χ1n) is 9.11. The lowest BCUT2D eigenvalue weighted by molar-refractivity contribution is 0.170. The Bertz CT molecular complexity index is 770. The number of piperidine rings is 1. The summed E-state index contributed by atoms with van der Waals surface area (Å²) < 4.78 is 8.13. The summed E-state index contributed by atoms with van der Waals surface area (Å²) in [5, 5.41) is 17.7. The van der Waals surface area contributed by atoms with E-state index in [4.69, 9.17) is 10.00 Å². The number of benzene rings is 1. The number of hydrogen-bond acceptors (Lipinski definition) is 5. The molecule has 4 rings (SSSR count). The van der Waals surface area contributed by atoms with Crippen molar-refractivity contribution in [1.82, 2.24) is 19.7 Å². The molecule has 0 unspecified atom stereocenters. The lowest BCUT2D eigenvalue weighted by Crippen LogP contribution is -2.36. The molecule has 2 aromatic rings. The normalized spacial score (nSPS) is 18.0. The van der Waals surface area contributed by atoms with E-state index in [9.17, 15) is 0 Å². The molecule has 1 aromatic heterocycles. The number of nitriles is 1. The van der Waals surface area contributed by atoms with Crippen molar-refractivity contribution in [2.75, 3.05) is 26.2 Å². The Balaban J connectivity index is 1.24. The van der Waals surface area contributed by atoms with Gasteiger partial charge in [0.25, 0.3) is 0 Å². The molecule has 6 nitrogen and oxygen atoms in total. The van der Waals surface area contributed by atoms with Gasteiger partial charge in [-0.3, -0.25) is 4.90 Å². The maximum Gasteiger partial charge on any atom is 0.136 e. The first-order chi connectivity index (χ1) is 12.3. The predicted molar refractivity (Wildman–Crippen MR) is 93.4 cm³/mol. The summed E-state index contributed by atoms with van der Waals surface area (Å²) in [5.41, 5.74) is 0.638. The predicted octanol–water partition coefficient (Wildman–Crippen LogP) is 2.35. The highest BCUT2D eigenvalue weighted by Gasteiger charge is 2.27. The van der Waals surface area contributed by atoms with Crippen LogP contribution < -0.4 is 4.74 Å². The second-order valence-electron chi connectivity index (χ2n) is 6.83. The van der Waals surface area contributed by atoms with Crippen molar-refractivity contribution in [3.8, 4) is 11.8 Å². The minimum Gasteiger partial charge on any atom is -0.492 e. The fourth-order valence-electron chi connectivity index (χ4n) is 3.84. The average Bonchev–Trinajstić information content (AvgIpc) is 3.26. The van der Waals surface area contributed by atoms with Crippen molar-refractivity contribution in [1.29, 1.82) is 5.26 Å². The summed E-state index contributed by atoms with van der Waals surface area (Å²) >= 11 is 0. The van der Waals surface area contributed by atoms with E-state index in [0.29, 0.717) is 18.1 Å². The molecule has 1 saturated heterocycles. The van der Waals surface area contributed by atoms with Gasteiger partial charge in [0.05, 0.1) is 11.6 Å². The van der Waals surface area contributed by atoms with Gasteiger partial charge >= 0.3 is 0 Å². The molecule has 0 N–H and O–H groups in total. The molecule has 3 heterocycles. The molecular weight excluding hydrogens is 314 g/mol. The molecule has 0 atom stereocenters. The fraction of sp³-hybridized carbons (Fsp3) is 0.526. The van der Waals surface area contributed by atoms with Crippen LogP contribution in [0, 0.1) is 11.3 Å². The highest BCUT2D eigenvalue weighted by atomic mass is 16.5. The van der Waals surface area contributed by atoms with Gasteiger partial charge in [0.15, 0.2) is 0 Å². The van der Waals surface area contributed by atoms with Gasteiger partial charge in [-0.2, -0.15) is 5.26 Å². The number of aromatic nitrogens is 3. The smallest absolute Gasteiger partial charge is 0.136 e. The van der Waals surface area contributed by atoms with Crippen LogP contribution in [0.15, 0.2) is 24.3 Å². The standard InChI is InChI=1S/C19H23N5O/c20-14-15-3-1-4-17(13-15)25-12-11-23-9-6-16(7-10-23)19-22-21-18-5-2-8-24(18)19/h1,3-4,13,16H,2,5-12H2. The molecule has 0 amide bonds. The zero-order chi connectivity index (χ0) is 17.1. The molecular formula is C19H23N5O. The zero-order valence-corrected chi connectivity index (χ0v) is 14.4. The van der Waals surface area contributed by atoms with Crippen molar-refractivity contribution in [3.63, 3.8) is 0 Å². The van der Waals surface area contributed by atoms with Gasteiger partial charge in [0, 0.05) is 25.4 Å². The van der Waals surface area contributed by atoms with E-state index in [1.54, 1.807) is 12.1 Å². The quantitative estimate of drug-likeness (QED) is 0.838. The van der Waals surface area contributed by atoms with Crippen LogP contribution in [0.25, 0.3) is 0 Å². The lowest BCUT2D eigenvalue weighted by atomic mass is 9.96. The Morgan fingerprint density at radius 2 is 2.08 bits per heavy atom. The molecule has 25 heavy (non-hydrogen) atoms. The van der Waals surface area contributed by atoms with E-state index < -0.39 is 0 Å². The van der Waals surface area contributed by atoms with Crippen LogP contribution in [0.4, 0.5) is 0 Å². The molecule has 6 heteroatoms. The van der Waals surface area contributed by atoms with E-state index in [0.717, 1.165) is 51.2 Å². The summed E-state index contributed by atoms with van der Waals surface area (Å²) in [5.74, 6) is 3.69. The molecule has 0 saturated carbocycles. The third kappa shape index (κ3) is 3.52. The number of ether oxygens (including phenoxy) is 1. The summed E-state index contributed by atoms with van der Waals surface area (Å²) in [4.78, 5) is 2.45. The third-order valence-electron chi connectivity index (χ3n) is 5.23. The average molecular weight is 337 g/mol. The van der Waals surface area contributed by atoms with Crippen molar-refractivity contribution in [2.24, 2.45) is 0 Å². The molecule has 0 spiro atoms. The van der Waals surface area contributed by atoms with Crippen molar-refractivity contribution in [3.05, 3.63) is 41.5 Å². The fourth-order valence-corrected chi connectivity index (χ4v) is 3.84. The Morgan fingerprint density at radius 3 is 2.92 bits per heavy atom. The minimum absolute atomic E-state index is 0.545. The van der Waals surface area contributed by atoms with Crippen LogP contribution in [0.2, 0.25) is 0 Å². The van der Waals surface area contributed by atoms with Crippen LogP contribution in [0.5, 0.6) is 5.75 Å². The van der Waals surface area contributed by atoms with Crippen molar-refractivity contribution >= 4 is 0 Å². The molecule has 130 valence electrons. The van der Waals surface area contributed by atoms with Gasteiger partial charge in [0.1, 0.15) is 24.0 Å². The van der Waals surface area contributed by atoms with Gasteiger partial charge < -0.3 is 9.30 Å². The van der Waals surface area contributed by atoms with Crippen molar-refractivity contribution in [2.45, 2.75) is 38.1 Å². The van der Waals surface area contributed by atoms with Crippen LogP contribution in [0.1, 0.15) is 42.4 Å². The molecule has 0 radical (unpaired) electrons.